The summed E-state index contributed by atoms with van der Waals surface area (Å²) in [7, 11) is 0. The Kier molecular flexibility index (Phi) is 4.85. The summed E-state index contributed by atoms with van der Waals surface area (Å²) in [5.74, 6) is -0.321. The molecule has 2 rings (SSSR count). The van der Waals surface area contributed by atoms with Gasteiger partial charge in [0, 0.05) is 24.7 Å². The van der Waals surface area contributed by atoms with E-state index in [-0.39, 0.29) is 17.4 Å². The van der Waals surface area contributed by atoms with Crippen molar-refractivity contribution in [3.8, 4) is 0 Å². The van der Waals surface area contributed by atoms with E-state index in [0.29, 0.717) is 24.7 Å². The molecule has 0 aromatic heterocycles. The maximum atomic E-state index is 13.5. The first kappa shape index (κ1) is 14.4. The molecule has 19 heavy (non-hydrogen) atoms. The van der Waals surface area contributed by atoms with E-state index in [0.717, 1.165) is 18.4 Å². The Bertz CT molecular complexity index is 463. The number of hydrogen-bond donors (Lipinski definition) is 2. The van der Waals surface area contributed by atoms with Crippen LogP contribution in [0.15, 0.2) is 18.2 Å². The van der Waals surface area contributed by atoms with Gasteiger partial charge in [0.2, 0.25) is 0 Å². The third-order valence-electron chi connectivity index (χ3n) is 3.61. The lowest BCUT2D eigenvalue weighted by Gasteiger charge is -2.37. The molecule has 1 aromatic carbocycles. The van der Waals surface area contributed by atoms with Crippen molar-refractivity contribution in [2.24, 2.45) is 5.73 Å². The number of rotatable bonds is 6. The molecule has 0 aliphatic heterocycles. The van der Waals surface area contributed by atoms with Crippen LogP contribution in [0.3, 0.4) is 0 Å². The summed E-state index contributed by atoms with van der Waals surface area (Å²) in [5.41, 5.74) is 6.96. The average molecular weight is 282 g/mol. The van der Waals surface area contributed by atoms with Gasteiger partial charge >= 0.3 is 0 Å². The van der Waals surface area contributed by atoms with Crippen LogP contribution in [-0.2, 0) is 6.54 Å². The van der Waals surface area contributed by atoms with Crippen molar-refractivity contribution in [3.63, 3.8) is 0 Å². The van der Waals surface area contributed by atoms with Gasteiger partial charge < -0.3 is 10.8 Å². The van der Waals surface area contributed by atoms with Crippen molar-refractivity contribution in [2.45, 2.75) is 31.8 Å². The van der Waals surface area contributed by atoms with Crippen LogP contribution in [0.1, 0.15) is 30.4 Å². The highest BCUT2D eigenvalue weighted by Crippen LogP contribution is 2.26. The van der Waals surface area contributed by atoms with Crippen LogP contribution in [-0.4, -0.2) is 34.2 Å². The molecule has 0 unspecified atom stereocenters. The molecular formula is C14H19FN2OS. The van der Waals surface area contributed by atoms with Gasteiger partial charge in [-0.2, -0.15) is 0 Å². The molecule has 1 aliphatic rings. The maximum Gasteiger partial charge on any atom is 0.124 e. The van der Waals surface area contributed by atoms with Crippen LogP contribution in [0.2, 0.25) is 0 Å². The van der Waals surface area contributed by atoms with E-state index in [9.17, 15) is 4.39 Å². The lowest BCUT2D eigenvalue weighted by molar-refractivity contribution is 0.0945. The standard InChI is InChI=1S/C14H19FN2OS/c15-12-7-10(6-11(8-12)14(16)19)9-17(4-5-18)13-2-1-3-13/h6-8,13,18H,1-5,9H2,(H2,16,19). The number of halogens is 1. The molecule has 1 aliphatic carbocycles. The molecule has 0 heterocycles. The third kappa shape index (κ3) is 3.72. The first-order valence-electron chi connectivity index (χ1n) is 6.54. The zero-order chi connectivity index (χ0) is 13.8. The van der Waals surface area contributed by atoms with Gasteiger partial charge in [-0.05, 0) is 36.6 Å². The van der Waals surface area contributed by atoms with Gasteiger partial charge in [0.1, 0.15) is 10.8 Å². The van der Waals surface area contributed by atoms with E-state index < -0.39 is 0 Å². The quantitative estimate of drug-likeness (QED) is 0.781. The number of aliphatic hydroxyl groups is 1. The van der Waals surface area contributed by atoms with E-state index in [2.05, 4.69) is 4.90 Å². The summed E-state index contributed by atoms with van der Waals surface area (Å²) in [6, 6.07) is 5.19. The van der Waals surface area contributed by atoms with Crippen molar-refractivity contribution >= 4 is 17.2 Å². The number of hydrogen-bond acceptors (Lipinski definition) is 3. The van der Waals surface area contributed by atoms with E-state index in [1.165, 1.54) is 18.6 Å². The van der Waals surface area contributed by atoms with Crippen LogP contribution >= 0.6 is 12.2 Å². The Morgan fingerprint density at radius 2 is 2.16 bits per heavy atom. The zero-order valence-electron chi connectivity index (χ0n) is 10.8. The summed E-state index contributed by atoms with van der Waals surface area (Å²) in [6.45, 7) is 1.36. The fourth-order valence-electron chi connectivity index (χ4n) is 2.39. The van der Waals surface area contributed by atoms with Crippen molar-refractivity contribution in [1.82, 2.24) is 4.90 Å². The molecule has 3 nitrogen and oxygen atoms in total. The molecule has 104 valence electrons. The average Bonchev–Trinajstić information content (AvgIpc) is 2.26. The highest BCUT2D eigenvalue weighted by molar-refractivity contribution is 7.80. The number of thiocarbonyl (C=S) groups is 1. The SMILES string of the molecule is NC(=S)c1cc(F)cc(CN(CCO)C2CCC2)c1. The van der Waals surface area contributed by atoms with Gasteiger partial charge in [-0.15, -0.1) is 0 Å². The minimum absolute atomic E-state index is 0.119. The molecule has 5 heteroatoms. The summed E-state index contributed by atoms with van der Waals surface area (Å²) < 4.78 is 13.5. The summed E-state index contributed by atoms with van der Waals surface area (Å²) in [6.07, 6.45) is 3.53. The van der Waals surface area contributed by atoms with Crippen molar-refractivity contribution < 1.29 is 9.50 Å². The number of benzene rings is 1. The molecule has 0 amide bonds. The first-order valence-corrected chi connectivity index (χ1v) is 6.95. The summed E-state index contributed by atoms with van der Waals surface area (Å²) in [5, 5.41) is 9.12. The van der Waals surface area contributed by atoms with Gasteiger partial charge in [-0.1, -0.05) is 18.6 Å². The smallest absolute Gasteiger partial charge is 0.124 e. The first-order chi connectivity index (χ1) is 9.10. The molecule has 1 fully saturated rings. The molecule has 0 atom stereocenters. The van der Waals surface area contributed by atoms with Gasteiger partial charge in [0.05, 0.1) is 6.61 Å². The highest BCUT2D eigenvalue weighted by Gasteiger charge is 2.24. The molecule has 0 spiro atoms. The molecule has 1 aromatic rings. The Balaban J connectivity index is 2.13. The van der Waals surface area contributed by atoms with E-state index in [1.807, 2.05) is 6.07 Å². The fraction of sp³-hybridized carbons (Fsp3) is 0.500. The van der Waals surface area contributed by atoms with Crippen molar-refractivity contribution in [2.75, 3.05) is 13.2 Å². The lowest BCUT2D eigenvalue weighted by Crippen LogP contribution is -2.41. The molecule has 0 saturated heterocycles. The Morgan fingerprint density at radius 3 is 2.68 bits per heavy atom. The molecule has 0 bridgehead atoms. The van der Waals surface area contributed by atoms with Crippen molar-refractivity contribution in [1.29, 1.82) is 0 Å². The van der Waals surface area contributed by atoms with Crippen LogP contribution < -0.4 is 5.73 Å². The number of nitrogens with zero attached hydrogens (tertiary/aromatic N) is 1. The Morgan fingerprint density at radius 1 is 1.42 bits per heavy atom. The molecule has 0 radical (unpaired) electrons. The molecule has 1 saturated carbocycles. The van der Waals surface area contributed by atoms with Crippen LogP contribution in [0.25, 0.3) is 0 Å². The molecular weight excluding hydrogens is 263 g/mol. The lowest BCUT2D eigenvalue weighted by atomic mass is 9.91. The van der Waals surface area contributed by atoms with E-state index in [4.69, 9.17) is 23.1 Å². The van der Waals surface area contributed by atoms with E-state index >= 15 is 0 Å². The van der Waals surface area contributed by atoms with Gasteiger partial charge in [-0.25, -0.2) is 4.39 Å². The minimum atomic E-state index is -0.321. The Labute approximate surface area is 118 Å². The minimum Gasteiger partial charge on any atom is -0.395 e. The second-order valence-corrected chi connectivity index (χ2v) is 5.43. The normalized spacial score (nSPS) is 15.5. The second-order valence-electron chi connectivity index (χ2n) is 4.99. The highest BCUT2D eigenvalue weighted by atomic mass is 32.1. The van der Waals surface area contributed by atoms with Gasteiger partial charge in [0.15, 0.2) is 0 Å². The van der Waals surface area contributed by atoms with Gasteiger partial charge in [-0.3, -0.25) is 4.90 Å². The topological polar surface area (TPSA) is 49.5 Å². The van der Waals surface area contributed by atoms with Crippen LogP contribution in [0.4, 0.5) is 4.39 Å². The fourth-order valence-corrected chi connectivity index (χ4v) is 2.51. The monoisotopic (exact) mass is 282 g/mol. The Hall–Kier alpha value is -1.04. The third-order valence-corrected chi connectivity index (χ3v) is 3.84. The van der Waals surface area contributed by atoms with Crippen LogP contribution in [0.5, 0.6) is 0 Å². The van der Waals surface area contributed by atoms with Crippen LogP contribution in [0, 0.1) is 5.82 Å². The summed E-state index contributed by atoms with van der Waals surface area (Å²) >= 11 is 4.89. The number of nitrogens with two attached hydrogens (primary N) is 1. The largest absolute Gasteiger partial charge is 0.395 e. The second kappa shape index (κ2) is 6.41. The summed E-state index contributed by atoms with van der Waals surface area (Å²) in [4.78, 5) is 2.40. The maximum absolute atomic E-state index is 13.5. The number of aliphatic hydroxyl groups excluding tert-OH is 1. The van der Waals surface area contributed by atoms with Crippen molar-refractivity contribution in [3.05, 3.63) is 35.1 Å². The zero-order valence-corrected chi connectivity index (χ0v) is 11.6. The predicted molar refractivity (Wildman–Crippen MR) is 77.4 cm³/mol. The van der Waals surface area contributed by atoms with Gasteiger partial charge in [0.25, 0.3) is 0 Å². The molecule has 3 N–H and O–H groups in total. The van der Waals surface area contributed by atoms with E-state index in [1.54, 1.807) is 0 Å². The predicted octanol–water partition coefficient (Wildman–Crippen LogP) is 1.81.